The Labute approximate surface area is 111 Å². The molecule has 104 valence electrons. The summed E-state index contributed by atoms with van der Waals surface area (Å²) in [4.78, 5) is 22.4. The van der Waals surface area contributed by atoms with Gasteiger partial charge < -0.3 is 16.0 Å². The van der Waals surface area contributed by atoms with Crippen molar-refractivity contribution < 1.29 is 14.0 Å². The molecule has 0 unspecified atom stereocenters. The number of carbonyl (C=O) groups excluding carboxylic acids is 2. The van der Waals surface area contributed by atoms with Gasteiger partial charge in [-0.15, -0.1) is 0 Å². The van der Waals surface area contributed by atoms with Crippen molar-refractivity contribution in [1.82, 2.24) is 5.32 Å². The highest BCUT2D eigenvalue weighted by Crippen LogP contribution is 2.19. The number of anilines is 2. The van der Waals surface area contributed by atoms with Crippen LogP contribution in [0.5, 0.6) is 0 Å². The highest BCUT2D eigenvalue weighted by Gasteiger charge is 2.07. The van der Waals surface area contributed by atoms with Gasteiger partial charge in [-0.1, -0.05) is 13.3 Å². The van der Waals surface area contributed by atoms with Crippen LogP contribution in [-0.4, -0.2) is 18.5 Å². The van der Waals surface area contributed by atoms with Crippen LogP contribution in [0.3, 0.4) is 0 Å². The van der Waals surface area contributed by atoms with Crippen LogP contribution in [0.2, 0.25) is 0 Å². The third-order valence-corrected chi connectivity index (χ3v) is 2.35. The van der Waals surface area contributed by atoms with Crippen LogP contribution < -0.4 is 16.0 Å². The molecule has 0 radical (unpaired) electrons. The van der Waals surface area contributed by atoms with E-state index >= 15 is 0 Å². The van der Waals surface area contributed by atoms with Gasteiger partial charge in [0.15, 0.2) is 0 Å². The maximum absolute atomic E-state index is 13.4. The van der Waals surface area contributed by atoms with Crippen LogP contribution in [0, 0.1) is 5.82 Å². The van der Waals surface area contributed by atoms with Crippen molar-refractivity contribution in [2.75, 3.05) is 17.2 Å². The number of hydrogen-bond donors (Lipinski definition) is 3. The summed E-state index contributed by atoms with van der Waals surface area (Å²) in [5, 5.41) is 7.60. The van der Waals surface area contributed by atoms with Gasteiger partial charge in [0.1, 0.15) is 5.82 Å². The Morgan fingerprint density at radius 1 is 1.26 bits per heavy atom. The first-order chi connectivity index (χ1) is 9.02. The van der Waals surface area contributed by atoms with Crippen molar-refractivity contribution in [1.29, 1.82) is 0 Å². The summed E-state index contributed by atoms with van der Waals surface area (Å²) in [6.45, 7) is 3.90. The van der Waals surface area contributed by atoms with Gasteiger partial charge in [-0.25, -0.2) is 9.18 Å². The van der Waals surface area contributed by atoms with E-state index in [2.05, 4.69) is 16.0 Å². The summed E-state index contributed by atoms with van der Waals surface area (Å²) in [5.74, 6) is -0.921. The van der Waals surface area contributed by atoms with Gasteiger partial charge >= 0.3 is 6.03 Å². The Kier molecular flexibility index (Phi) is 5.78. The van der Waals surface area contributed by atoms with Crippen LogP contribution in [0.25, 0.3) is 0 Å². The molecule has 0 aliphatic rings. The Bertz CT molecular complexity index is 463. The first kappa shape index (κ1) is 14.9. The third kappa shape index (κ3) is 5.37. The number of urea groups is 1. The van der Waals surface area contributed by atoms with Crippen molar-refractivity contribution in [2.24, 2.45) is 0 Å². The topological polar surface area (TPSA) is 70.2 Å². The molecule has 19 heavy (non-hydrogen) atoms. The maximum Gasteiger partial charge on any atom is 0.319 e. The smallest absolute Gasteiger partial charge is 0.319 e. The van der Waals surface area contributed by atoms with E-state index in [-0.39, 0.29) is 17.6 Å². The molecule has 0 saturated heterocycles. The molecule has 5 nitrogen and oxygen atoms in total. The van der Waals surface area contributed by atoms with Crippen LogP contribution in [0.4, 0.5) is 20.6 Å². The number of unbranched alkanes of at least 4 members (excludes halogenated alkanes) is 1. The van der Waals surface area contributed by atoms with E-state index in [0.717, 1.165) is 12.8 Å². The molecule has 0 aromatic heterocycles. The number of halogens is 1. The monoisotopic (exact) mass is 267 g/mol. The molecule has 0 heterocycles. The van der Waals surface area contributed by atoms with Crippen LogP contribution in [0.15, 0.2) is 18.2 Å². The number of benzene rings is 1. The fraction of sp³-hybridized carbons (Fsp3) is 0.385. The van der Waals surface area contributed by atoms with Gasteiger partial charge in [0, 0.05) is 19.2 Å². The van der Waals surface area contributed by atoms with Gasteiger partial charge in [-0.3, -0.25) is 4.79 Å². The number of hydrogen-bond acceptors (Lipinski definition) is 2. The Morgan fingerprint density at radius 3 is 2.63 bits per heavy atom. The molecular weight excluding hydrogens is 249 g/mol. The number of amides is 3. The molecule has 0 fully saturated rings. The molecule has 0 atom stereocenters. The first-order valence-corrected chi connectivity index (χ1v) is 6.15. The van der Waals surface area contributed by atoms with E-state index in [9.17, 15) is 14.0 Å². The Morgan fingerprint density at radius 2 is 2.00 bits per heavy atom. The molecule has 0 saturated carbocycles. The standard InChI is InChI=1S/C13H18FN3O2/c1-3-4-7-15-13(19)17-10-5-6-11(14)12(8-10)16-9(2)18/h5-6,8H,3-4,7H2,1-2H3,(H,16,18)(H2,15,17,19). The van der Waals surface area contributed by atoms with Gasteiger partial charge in [-0.2, -0.15) is 0 Å². The quantitative estimate of drug-likeness (QED) is 0.718. The second-order valence-corrected chi connectivity index (χ2v) is 4.11. The SMILES string of the molecule is CCCCNC(=O)Nc1ccc(F)c(NC(C)=O)c1. The zero-order chi connectivity index (χ0) is 14.3. The van der Waals surface area contributed by atoms with Gasteiger partial charge in [0.05, 0.1) is 5.69 Å². The summed E-state index contributed by atoms with van der Waals surface area (Å²) < 4.78 is 13.4. The van der Waals surface area contributed by atoms with Crippen LogP contribution in [-0.2, 0) is 4.79 Å². The molecule has 3 amide bonds. The molecule has 0 spiro atoms. The van der Waals surface area contributed by atoms with E-state index in [1.807, 2.05) is 6.92 Å². The maximum atomic E-state index is 13.4. The van der Waals surface area contributed by atoms with Crippen molar-refractivity contribution in [3.8, 4) is 0 Å². The molecule has 0 bridgehead atoms. The lowest BCUT2D eigenvalue weighted by Gasteiger charge is -2.09. The number of carbonyl (C=O) groups is 2. The lowest BCUT2D eigenvalue weighted by Crippen LogP contribution is -2.29. The molecular formula is C13H18FN3O2. The minimum absolute atomic E-state index is 0.0406. The molecule has 1 aromatic rings. The summed E-state index contributed by atoms with van der Waals surface area (Å²) in [7, 11) is 0. The van der Waals surface area contributed by atoms with Crippen LogP contribution >= 0.6 is 0 Å². The minimum Gasteiger partial charge on any atom is -0.338 e. The van der Waals surface area contributed by atoms with Crippen molar-refractivity contribution in [3.63, 3.8) is 0 Å². The van der Waals surface area contributed by atoms with Crippen molar-refractivity contribution in [2.45, 2.75) is 26.7 Å². The lowest BCUT2D eigenvalue weighted by molar-refractivity contribution is -0.114. The van der Waals surface area contributed by atoms with Gasteiger partial charge in [0.2, 0.25) is 5.91 Å². The summed E-state index contributed by atoms with van der Waals surface area (Å²) >= 11 is 0. The summed E-state index contributed by atoms with van der Waals surface area (Å²) in [5.41, 5.74) is 0.456. The lowest BCUT2D eigenvalue weighted by atomic mass is 10.2. The average Bonchev–Trinajstić information content (AvgIpc) is 2.33. The second kappa shape index (κ2) is 7.35. The van der Waals surface area contributed by atoms with Gasteiger partial charge in [-0.05, 0) is 24.6 Å². The van der Waals surface area contributed by atoms with E-state index in [1.165, 1.54) is 25.1 Å². The number of rotatable bonds is 5. The van der Waals surface area contributed by atoms with Crippen molar-refractivity contribution in [3.05, 3.63) is 24.0 Å². The van der Waals surface area contributed by atoms with E-state index in [1.54, 1.807) is 0 Å². The molecule has 1 aromatic carbocycles. The Hall–Kier alpha value is -2.11. The van der Waals surface area contributed by atoms with E-state index in [4.69, 9.17) is 0 Å². The summed E-state index contributed by atoms with van der Waals surface area (Å²) in [6.07, 6.45) is 1.89. The molecule has 6 heteroatoms. The zero-order valence-corrected chi connectivity index (χ0v) is 11.0. The molecule has 1 rings (SSSR count). The van der Waals surface area contributed by atoms with Crippen LogP contribution in [0.1, 0.15) is 26.7 Å². The third-order valence-electron chi connectivity index (χ3n) is 2.35. The molecule has 0 aliphatic carbocycles. The first-order valence-electron chi connectivity index (χ1n) is 6.15. The average molecular weight is 267 g/mol. The molecule has 3 N–H and O–H groups in total. The fourth-order valence-electron chi connectivity index (χ4n) is 1.44. The van der Waals surface area contributed by atoms with Gasteiger partial charge in [0.25, 0.3) is 0 Å². The van der Waals surface area contributed by atoms with E-state index in [0.29, 0.717) is 12.2 Å². The van der Waals surface area contributed by atoms with Crippen molar-refractivity contribution >= 4 is 23.3 Å². The Balaban J connectivity index is 2.63. The zero-order valence-electron chi connectivity index (χ0n) is 11.0. The predicted octanol–water partition coefficient (Wildman–Crippen LogP) is 2.71. The largest absolute Gasteiger partial charge is 0.338 e. The normalized spacial score (nSPS) is 9.84. The number of nitrogens with one attached hydrogen (secondary N) is 3. The highest BCUT2D eigenvalue weighted by molar-refractivity contribution is 5.92. The fourth-order valence-corrected chi connectivity index (χ4v) is 1.44. The highest BCUT2D eigenvalue weighted by atomic mass is 19.1. The predicted molar refractivity (Wildman–Crippen MR) is 72.6 cm³/mol. The summed E-state index contributed by atoms with van der Waals surface area (Å²) in [6, 6.07) is 3.64. The van der Waals surface area contributed by atoms with E-state index < -0.39 is 5.82 Å². The second-order valence-electron chi connectivity index (χ2n) is 4.11. The molecule has 0 aliphatic heterocycles. The minimum atomic E-state index is -0.549.